The second-order valence-corrected chi connectivity index (χ2v) is 5.60. The molecule has 0 bridgehead atoms. The molecule has 0 amide bonds. The number of rotatable bonds is 9. The highest BCUT2D eigenvalue weighted by Gasteiger charge is 2.46. The van der Waals surface area contributed by atoms with Gasteiger partial charge in [-0.25, -0.2) is 0 Å². The Kier molecular flexibility index (Phi) is 6.75. The molecule has 1 aliphatic heterocycles. The molecule has 1 rings (SSSR count). The van der Waals surface area contributed by atoms with Gasteiger partial charge in [0, 0.05) is 33.4 Å². The number of methoxy groups -OCH3 is 1. The molecule has 0 aromatic carbocycles. The average molecular weight is 273 g/mol. The Morgan fingerprint density at radius 1 is 1.37 bits per heavy atom. The number of hydrogen-bond donors (Lipinski definition) is 1. The predicted molar refractivity (Wildman–Crippen MR) is 73.3 cm³/mol. The average Bonchev–Trinajstić information content (AvgIpc) is 2.79. The van der Waals surface area contributed by atoms with Crippen LogP contribution in [0.4, 0.5) is 0 Å². The lowest BCUT2D eigenvalue weighted by molar-refractivity contribution is -0.151. The largest absolute Gasteiger partial charge is 0.481 e. The Bertz CT molecular complexity index is 283. The molecule has 1 N–H and O–H groups in total. The molecule has 1 saturated heterocycles. The molecule has 1 atom stereocenters. The normalized spacial score (nSPS) is 24.2. The molecule has 1 aliphatic rings. The molecular formula is C14H27NO4. The molecule has 1 fully saturated rings. The minimum atomic E-state index is -0.661. The van der Waals surface area contributed by atoms with Gasteiger partial charge >= 0.3 is 5.97 Å². The SMILES string of the molecule is COCCCOCCN1CCC(C(=O)O)(C(C)C)C1. The van der Waals surface area contributed by atoms with Gasteiger partial charge in [0.05, 0.1) is 12.0 Å². The van der Waals surface area contributed by atoms with E-state index in [1.807, 2.05) is 13.8 Å². The molecule has 0 saturated carbocycles. The molecular weight excluding hydrogens is 246 g/mol. The first-order valence-electron chi connectivity index (χ1n) is 7.05. The summed E-state index contributed by atoms with van der Waals surface area (Å²) in [5.41, 5.74) is -0.573. The van der Waals surface area contributed by atoms with Crippen molar-refractivity contribution in [3.8, 4) is 0 Å². The van der Waals surface area contributed by atoms with Gasteiger partial charge in [0.1, 0.15) is 0 Å². The Balaban J connectivity index is 2.26. The first kappa shape index (κ1) is 16.4. The van der Waals surface area contributed by atoms with Gasteiger partial charge in [0.15, 0.2) is 0 Å². The first-order chi connectivity index (χ1) is 9.03. The maximum atomic E-state index is 11.5. The van der Waals surface area contributed by atoms with Gasteiger partial charge < -0.3 is 14.6 Å². The molecule has 0 aromatic heterocycles. The number of carboxylic acids is 1. The van der Waals surface area contributed by atoms with Crippen molar-refractivity contribution in [3.63, 3.8) is 0 Å². The highest BCUT2D eigenvalue weighted by atomic mass is 16.5. The number of carbonyl (C=O) groups is 1. The van der Waals surface area contributed by atoms with Gasteiger partial charge in [-0.05, 0) is 25.3 Å². The molecule has 19 heavy (non-hydrogen) atoms. The fourth-order valence-corrected chi connectivity index (χ4v) is 2.60. The van der Waals surface area contributed by atoms with Crippen molar-refractivity contribution in [1.82, 2.24) is 4.90 Å². The van der Waals surface area contributed by atoms with Crippen molar-refractivity contribution in [3.05, 3.63) is 0 Å². The lowest BCUT2D eigenvalue weighted by atomic mass is 9.76. The maximum absolute atomic E-state index is 11.5. The van der Waals surface area contributed by atoms with Gasteiger partial charge in [-0.1, -0.05) is 13.8 Å². The Morgan fingerprint density at radius 2 is 2.11 bits per heavy atom. The maximum Gasteiger partial charge on any atom is 0.311 e. The summed E-state index contributed by atoms with van der Waals surface area (Å²) in [6.45, 7) is 8.40. The van der Waals surface area contributed by atoms with E-state index in [0.717, 1.165) is 32.5 Å². The van der Waals surface area contributed by atoms with Crippen molar-refractivity contribution < 1.29 is 19.4 Å². The topological polar surface area (TPSA) is 59.0 Å². The highest BCUT2D eigenvalue weighted by Crippen LogP contribution is 2.37. The van der Waals surface area contributed by atoms with Crippen LogP contribution in [0.1, 0.15) is 26.7 Å². The molecule has 0 radical (unpaired) electrons. The van der Waals surface area contributed by atoms with E-state index in [-0.39, 0.29) is 5.92 Å². The van der Waals surface area contributed by atoms with Crippen LogP contribution >= 0.6 is 0 Å². The Morgan fingerprint density at radius 3 is 2.63 bits per heavy atom. The lowest BCUT2D eigenvalue weighted by Gasteiger charge is -2.28. The fraction of sp³-hybridized carbons (Fsp3) is 0.929. The molecule has 0 aliphatic carbocycles. The van der Waals surface area contributed by atoms with E-state index in [2.05, 4.69) is 4.90 Å². The molecule has 5 heteroatoms. The summed E-state index contributed by atoms with van der Waals surface area (Å²) in [7, 11) is 1.68. The van der Waals surface area contributed by atoms with E-state index < -0.39 is 11.4 Å². The van der Waals surface area contributed by atoms with Crippen LogP contribution in [0.15, 0.2) is 0 Å². The number of ether oxygens (including phenoxy) is 2. The molecule has 0 aromatic rings. The smallest absolute Gasteiger partial charge is 0.311 e. The first-order valence-corrected chi connectivity index (χ1v) is 7.05. The summed E-state index contributed by atoms with van der Waals surface area (Å²) in [5, 5.41) is 9.45. The summed E-state index contributed by atoms with van der Waals surface area (Å²) in [4.78, 5) is 13.7. The third-order valence-corrected chi connectivity index (χ3v) is 4.10. The van der Waals surface area contributed by atoms with Crippen LogP contribution in [0.3, 0.4) is 0 Å². The zero-order valence-electron chi connectivity index (χ0n) is 12.4. The molecule has 1 heterocycles. The van der Waals surface area contributed by atoms with Gasteiger partial charge in [-0.15, -0.1) is 0 Å². The fourth-order valence-electron chi connectivity index (χ4n) is 2.60. The van der Waals surface area contributed by atoms with E-state index in [1.165, 1.54) is 0 Å². The summed E-state index contributed by atoms with van der Waals surface area (Å²) in [5.74, 6) is -0.497. The summed E-state index contributed by atoms with van der Waals surface area (Å²) in [6, 6.07) is 0. The Labute approximate surface area is 115 Å². The standard InChI is InChI=1S/C14H27NO4/c1-12(2)14(13(16)17)5-6-15(11-14)7-10-19-9-4-8-18-3/h12H,4-11H2,1-3H3,(H,16,17). The van der Waals surface area contributed by atoms with Crippen molar-refractivity contribution in [1.29, 1.82) is 0 Å². The number of likely N-dealkylation sites (tertiary alicyclic amines) is 1. The monoisotopic (exact) mass is 273 g/mol. The van der Waals surface area contributed by atoms with Crippen LogP contribution in [0.5, 0.6) is 0 Å². The minimum absolute atomic E-state index is 0.164. The molecule has 112 valence electrons. The minimum Gasteiger partial charge on any atom is -0.481 e. The van der Waals surface area contributed by atoms with Crippen LogP contribution in [0.25, 0.3) is 0 Å². The summed E-state index contributed by atoms with van der Waals surface area (Å²) >= 11 is 0. The summed E-state index contributed by atoms with van der Waals surface area (Å²) < 4.78 is 10.5. The van der Waals surface area contributed by atoms with Gasteiger partial charge in [-0.2, -0.15) is 0 Å². The van der Waals surface area contributed by atoms with E-state index in [9.17, 15) is 9.90 Å². The van der Waals surface area contributed by atoms with Crippen molar-refractivity contribution in [2.24, 2.45) is 11.3 Å². The van der Waals surface area contributed by atoms with Crippen molar-refractivity contribution in [2.45, 2.75) is 26.7 Å². The van der Waals surface area contributed by atoms with E-state index in [4.69, 9.17) is 9.47 Å². The zero-order valence-corrected chi connectivity index (χ0v) is 12.4. The molecule has 1 unspecified atom stereocenters. The van der Waals surface area contributed by atoms with Crippen molar-refractivity contribution in [2.75, 3.05) is 46.6 Å². The lowest BCUT2D eigenvalue weighted by Crippen LogP contribution is -2.39. The number of nitrogens with zero attached hydrogens (tertiary/aromatic N) is 1. The quantitative estimate of drug-likeness (QED) is 0.645. The second-order valence-electron chi connectivity index (χ2n) is 5.60. The number of carboxylic acid groups (broad SMARTS) is 1. The van der Waals surface area contributed by atoms with E-state index in [1.54, 1.807) is 7.11 Å². The van der Waals surface area contributed by atoms with E-state index >= 15 is 0 Å². The van der Waals surface area contributed by atoms with Crippen LogP contribution in [0, 0.1) is 11.3 Å². The molecule has 0 spiro atoms. The number of hydrogen-bond acceptors (Lipinski definition) is 4. The second kappa shape index (κ2) is 7.82. The van der Waals surface area contributed by atoms with Crippen molar-refractivity contribution >= 4 is 5.97 Å². The predicted octanol–water partition coefficient (Wildman–Crippen LogP) is 1.47. The number of aliphatic carboxylic acids is 1. The van der Waals surface area contributed by atoms with Gasteiger partial charge in [0.25, 0.3) is 0 Å². The van der Waals surface area contributed by atoms with Gasteiger partial charge in [-0.3, -0.25) is 9.69 Å². The van der Waals surface area contributed by atoms with Crippen LogP contribution in [-0.2, 0) is 14.3 Å². The molecule has 5 nitrogen and oxygen atoms in total. The third kappa shape index (κ3) is 4.44. The highest BCUT2D eigenvalue weighted by molar-refractivity contribution is 5.75. The Hall–Kier alpha value is -0.650. The van der Waals surface area contributed by atoms with Gasteiger partial charge in [0.2, 0.25) is 0 Å². The van der Waals surface area contributed by atoms with Crippen LogP contribution < -0.4 is 0 Å². The van der Waals surface area contributed by atoms with Crippen LogP contribution in [-0.4, -0.2) is 62.5 Å². The zero-order chi connectivity index (χ0) is 14.3. The summed E-state index contributed by atoms with van der Waals surface area (Å²) in [6.07, 6.45) is 1.64. The van der Waals surface area contributed by atoms with Crippen LogP contribution in [0.2, 0.25) is 0 Å². The third-order valence-electron chi connectivity index (χ3n) is 4.10. The van der Waals surface area contributed by atoms with E-state index in [0.29, 0.717) is 19.8 Å².